The first kappa shape index (κ1) is 15.2. The maximum Gasteiger partial charge on any atom is 0.224 e. The van der Waals surface area contributed by atoms with Gasteiger partial charge in [-0.05, 0) is 23.3 Å². The van der Waals surface area contributed by atoms with Gasteiger partial charge in [0, 0.05) is 13.0 Å². The van der Waals surface area contributed by atoms with Crippen LogP contribution in [0.5, 0.6) is 0 Å². The third-order valence-electron chi connectivity index (χ3n) is 3.13. The fourth-order valence-electron chi connectivity index (χ4n) is 2.04. The topological polar surface area (TPSA) is 49.3 Å². The highest BCUT2D eigenvalue weighted by atomic mass is 19.1. The van der Waals surface area contributed by atoms with Gasteiger partial charge in [-0.1, -0.05) is 42.5 Å². The Balaban J connectivity index is 1.74. The summed E-state index contributed by atoms with van der Waals surface area (Å²) in [4.78, 5) is 11.7. The molecule has 0 aromatic heterocycles. The molecule has 2 rings (SSSR count). The Bertz CT molecular complexity index is 569. The van der Waals surface area contributed by atoms with Crippen molar-refractivity contribution in [1.29, 1.82) is 0 Å². The summed E-state index contributed by atoms with van der Waals surface area (Å²) in [7, 11) is 0. The Morgan fingerprint density at radius 3 is 2.38 bits per heavy atom. The molecule has 1 amide bonds. The zero-order valence-electron chi connectivity index (χ0n) is 11.6. The molecule has 4 heteroatoms. The van der Waals surface area contributed by atoms with Gasteiger partial charge in [-0.2, -0.15) is 0 Å². The number of hydrogen-bond donors (Lipinski definition) is 2. The summed E-state index contributed by atoms with van der Waals surface area (Å²) in [6.45, 7) is 0.203. The highest BCUT2D eigenvalue weighted by Gasteiger charge is 2.08. The van der Waals surface area contributed by atoms with Crippen LogP contribution in [0.3, 0.4) is 0 Å². The van der Waals surface area contributed by atoms with E-state index in [0.29, 0.717) is 6.42 Å². The van der Waals surface area contributed by atoms with Gasteiger partial charge in [0.05, 0.1) is 12.5 Å². The molecule has 21 heavy (non-hydrogen) atoms. The van der Waals surface area contributed by atoms with Crippen LogP contribution in [0.4, 0.5) is 4.39 Å². The van der Waals surface area contributed by atoms with Gasteiger partial charge in [0.2, 0.25) is 5.91 Å². The quantitative estimate of drug-likeness (QED) is 0.854. The molecule has 0 heterocycles. The van der Waals surface area contributed by atoms with E-state index in [4.69, 9.17) is 0 Å². The molecule has 0 saturated heterocycles. The molecule has 3 nitrogen and oxygen atoms in total. The van der Waals surface area contributed by atoms with E-state index >= 15 is 0 Å². The van der Waals surface area contributed by atoms with Gasteiger partial charge < -0.3 is 10.4 Å². The zero-order valence-corrected chi connectivity index (χ0v) is 11.6. The third kappa shape index (κ3) is 5.36. The van der Waals surface area contributed by atoms with E-state index in [1.165, 1.54) is 12.1 Å². The summed E-state index contributed by atoms with van der Waals surface area (Å²) in [5.74, 6) is -0.508. The minimum atomic E-state index is -0.621. The first-order valence-electron chi connectivity index (χ1n) is 6.86. The van der Waals surface area contributed by atoms with Crippen molar-refractivity contribution in [3.05, 3.63) is 71.5 Å². The van der Waals surface area contributed by atoms with Gasteiger partial charge in [-0.3, -0.25) is 4.79 Å². The minimum Gasteiger partial charge on any atom is -0.391 e. The minimum absolute atomic E-state index is 0.179. The molecule has 0 aliphatic heterocycles. The lowest BCUT2D eigenvalue weighted by Gasteiger charge is -2.12. The van der Waals surface area contributed by atoms with E-state index in [-0.39, 0.29) is 24.7 Å². The Morgan fingerprint density at radius 1 is 1.05 bits per heavy atom. The average Bonchev–Trinajstić information content (AvgIpc) is 2.49. The Hall–Kier alpha value is -2.20. The molecule has 2 aromatic rings. The second-order valence-corrected chi connectivity index (χ2v) is 4.95. The molecule has 0 aliphatic rings. The number of nitrogens with one attached hydrogen (secondary N) is 1. The van der Waals surface area contributed by atoms with Crippen molar-refractivity contribution >= 4 is 5.91 Å². The predicted octanol–water partition coefficient (Wildman–Crippen LogP) is 2.09. The summed E-state index contributed by atoms with van der Waals surface area (Å²) in [5, 5.41) is 12.6. The molecule has 0 radical (unpaired) electrons. The average molecular weight is 287 g/mol. The largest absolute Gasteiger partial charge is 0.391 e. The fourth-order valence-corrected chi connectivity index (χ4v) is 2.04. The smallest absolute Gasteiger partial charge is 0.224 e. The van der Waals surface area contributed by atoms with E-state index in [9.17, 15) is 14.3 Å². The maximum atomic E-state index is 12.8. The molecule has 1 atom stereocenters. The fraction of sp³-hybridized carbons (Fsp3) is 0.235. The number of carbonyl (C=O) groups excluding carboxylic acids is 1. The normalized spacial score (nSPS) is 11.9. The lowest BCUT2D eigenvalue weighted by atomic mass is 10.1. The standard InChI is InChI=1S/C17H18FNO2/c18-15-8-6-14(7-9-15)11-17(21)19-12-16(20)10-13-4-2-1-3-5-13/h1-9,16,20H,10-12H2,(H,19,21)/t16-/m0/s1. The molecular formula is C17H18FNO2. The second kappa shape index (κ2) is 7.55. The summed E-state index contributed by atoms with van der Waals surface area (Å²) in [5.41, 5.74) is 1.77. The van der Waals surface area contributed by atoms with Gasteiger partial charge >= 0.3 is 0 Å². The van der Waals surface area contributed by atoms with Crippen molar-refractivity contribution in [2.45, 2.75) is 18.9 Å². The molecular weight excluding hydrogens is 269 g/mol. The predicted molar refractivity (Wildman–Crippen MR) is 79.3 cm³/mol. The van der Waals surface area contributed by atoms with Crippen molar-refractivity contribution in [3.8, 4) is 0 Å². The number of rotatable bonds is 6. The monoisotopic (exact) mass is 287 g/mol. The van der Waals surface area contributed by atoms with E-state index in [1.807, 2.05) is 30.3 Å². The van der Waals surface area contributed by atoms with Gasteiger partial charge in [-0.15, -0.1) is 0 Å². The van der Waals surface area contributed by atoms with Crippen molar-refractivity contribution in [3.63, 3.8) is 0 Å². The van der Waals surface area contributed by atoms with Crippen LogP contribution in [0.15, 0.2) is 54.6 Å². The number of aliphatic hydroxyl groups is 1. The van der Waals surface area contributed by atoms with E-state index < -0.39 is 6.10 Å². The first-order valence-corrected chi connectivity index (χ1v) is 6.86. The molecule has 0 bridgehead atoms. The van der Waals surface area contributed by atoms with Crippen LogP contribution in [0, 0.1) is 5.82 Å². The van der Waals surface area contributed by atoms with Crippen LogP contribution in [0.2, 0.25) is 0 Å². The lowest BCUT2D eigenvalue weighted by molar-refractivity contribution is -0.120. The third-order valence-corrected chi connectivity index (χ3v) is 3.13. The summed E-state index contributed by atoms with van der Waals surface area (Å²) < 4.78 is 12.8. The Morgan fingerprint density at radius 2 is 1.71 bits per heavy atom. The molecule has 110 valence electrons. The number of benzene rings is 2. The van der Waals surface area contributed by atoms with Gasteiger partial charge in [0.1, 0.15) is 5.82 Å². The van der Waals surface area contributed by atoms with E-state index in [1.54, 1.807) is 12.1 Å². The van der Waals surface area contributed by atoms with Crippen molar-refractivity contribution in [2.75, 3.05) is 6.54 Å². The molecule has 2 aromatic carbocycles. The zero-order chi connectivity index (χ0) is 15.1. The molecule has 0 fully saturated rings. The van der Waals surface area contributed by atoms with E-state index in [0.717, 1.165) is 11.1 Å². The number of amides is 1. The molecule has 0 spiro atoms. The Kier molecular flexibility index (Phi) is 5.46. The van der Waals surface area contributed by atoms with Crippen LogP contribution < -0.4 is 5.32 Å². The number of hydrogen-bond acceptors (Lipinski definition) is 2. The Labute approximate surface area is 123 Å². The van der Waals surface area contributed by atoms with Crippen LogP contribution >= 0.6 is 0 Å². The highest BCUT2D eigenvalue weighted by molar-refractivity contribution is 5.78. The molecule has 0 saturated carbocycles. The highest BCUT2D eigenvalue weighted by Crippen LogP contribution is 2.04. The van der Waals surface area contributed by atoms with Gasteiger partial charge in [0.15, 0.2) is 0 Å². The molecule has 2 N–H and O–H groups in total. The van der Waals surface area contributed by atoms with Crippen LogP contribution in [0.25, 0.3) is 0 Å². The summed E-state index contributed by atoms with van der Waals surface area (Å²) in [6, 6.07) is 15.4. The number of aliphatic hydroxyl groups excluding tert-OH is 1. The second-order valence-electron chi connectivity index (χ2n) is 4.95. The SMILES string of the molecule is O=C(Cc1ccc(F)cc1)NC[C@@H](O)Cc1ccccc1. The summed E-state index contributed by atoms with van der Waals surface area (Å²) >= 11 is 0. The summed E-state index contributed by atoms with van der Waals surface area (Å²) in [6.07, 6.45) is 0.0558. The maximum absolute atomic E-state index is 12.8. The van der Waals surface area contributed by atoms with Crippen LogP contribution in [-0.2, 0) is 17.6 Å². The van der Waals surface area contributed by atoms with Crippen molar-refractivity contribution in [1.82, 2.24) is 5.32 Å². The molecule has 0 aliphatic carbocycles. The van der Waals surface area contributed by atoms with Crippen LogP contribution in [-0.4, -0.2) is 23.7 Å². The first-order chi connectivity index (χ1) is 10.1. The number of halogens is 1. The van der Waals surface area contributed by atoms with Gasteiger partial charge in [0.25, 0.3) is 0 Å². The van der Waals surface area contributed by atoms with Crippen molar-refractivity contribution in [2.24, 2.45) is 0 Å². The van der Waals surface area contributed by atoms with Gasteiger partial charge in [-0.25, -0.2) is 4.39 Å². The molecule has 0 unspecified atom stereocenters. The van der Waals surface area contributed by atoms with Crippen molar-refractivity contribution < 1.29 is 14.3 Å². The number of carbonyl (C=O) groups is 1. The van der Waals surface area contributed by atoms with Crippen LogP contribution in [0.1, 0.15) is 11.1 Å². The lowest BCUT2D eigenvalue weighted by Crippen LogP contribution is -2.34. The van der Waals surface area contributed by atoms with E-state index in [2.05, 4.69) is 5.32 Å².